The van der Waals surface area contributed by atoms with Crippen LogP contribution in [-0.4, -0.2) is 36.5 Å². The molecule has 0 unspecified atom stereocenters. The van der Waals surface area contributed by atoms with Crippen molar-refractivity contribution in [3.05, 3.63) is 72.1 Å². The summed E-state index contributed by atoms with van der Waals surface area (Å²) in [5, 5.41) is 5.27. The van der Waals surface area contributed by atoms with Gasteiger partial charge in [-0.1, -0.05) is 44.2 Å². The van der Waals surface area contributed by atoms with Crippen LogP contribution in [0.25, 0.3) is 11.5 Å². The van der Waals surface area contributed by atoms with E-state index in [1.165, 1.54) is 12.6 Å². The first-order valence-electron chi connectivity index (χ1n) is 10.2. The third-order valence-electron chi connectivity index (χ3n) is 4.80. The zero-order valence-electron chi connectivity index (χ0n) is 17.9. The van der Waals surface area contributed by atoms with E-state index in [2.05, 4.69) is 27.8 Å². The largest absolute Gasteiger partial charge is 0.492 e. The first-order chi connectivity index (χ1) is 15.0. The zero-order chi connectivity index (χ0) is 22.2. The summed E-state index contributed by atoms with van der Waals surface area (Å²) >= 11 is 0. The number of nitrogens with one attached hydrogen (secondary N) is 2. The molecule has 0 saturated heterocycles. The van der Waals surface area contributed by atoms with Crippen LogP contribution in [-0.2, 0) is 11.2 Å². The van der Waals surface area contributed by atoms with Crippen LogP contribution >= 0.6 is 0 Å². The van der Waals surface area contributed by atoms with Gasteiger partial charge in [-0.15, -0.1) is 0 Å². The Morgan fingerprint density at radius 1 is 1.06 bits per heavy atom. The van der Waals surface area contributed by atoms with Gasteiger partial charge in [0.15, 0.2) is 11.5 Å². The van der Waals surface area contributed by atoms with E-state index in [9.17, 15) is 9.59 Å². The number of pyridine rings is 1. The minimum atomic E-state index is -0.642. The fourth-order valence-electron chi connectivity index (χ4n) is 3.04. The Bertz CT molecular complexity index is 997. The normalized spacial score (nSPS) is 11.7. The second-order valence-electron chi connectivity index (χ2n) is 7.44. The highest BCUT2D eigenvalue weighted by atomic mass is 16.5. The number of ether oxygens (including phenoxy) is 1. The molecule has 0 aliphatic carbocycles. The van der Waals surface area contributed by atoms with E-state index in [0.717, 1.165) is 6.42 Å². The molecular weight excluding hydrogens is 394 g/mol. The van der Waals surface area contributed by atoms with Crippen molar-refractivity contribution < 1.29 is 18.7 Å². The smallest absolute Gasteiger partial charge is 0.287 e. The third kappa shape index (κ3) is 5.94. The molecule has 2 aromatic heterocycles. The topological polar surface area (TPSA) is 93.5 Å². The minimum absolute atomic E-state index is 0.0607. The highest BCUT2D eigenvalue weighted by Gasteiger charge is 2.25. The van der Waals surface area contributed by atoms with E-state index >= 15 is 0 Å². The number of aromatic nitrogens is 1. The van der Waals surface area contributed by atoms with Gasteiger partial charge in [-0.2, -0.15) is 0 Å². The van der Waals surface area contributed by atoms with Crippen LogP contribution in [0, 0.1) is 5.92 Å². The molecule has 0 spiro atoms. The van der Waals surface area contributed by atoms with Gasteiger partial charge >= 0.3 is 0 Å². The molecule has 1 aromatic carbocycles. The maximum absolute atomic E-state index is 12.5. The predicted molar refractivity (Wildman–Crippen MR) is 118 cm³/mol. The summed E-state index contributed by atoms with van der Waals surface area (Å²) in [4.78, 5) is 28.8. The van der Waals surface area contributed by atoms with Crippen molar-refractivity contribution in [1.29, 1.82) is 0 Å². The first-order valence-corrected chi connectivity index (χ1v) is 10.2. The molecule has 1 atom stereocenters. The molecule has 0 fully saturated rings. The summed E-state index contributed by atoms with van der Waals surface area (Å²) in [5.74, 6) is 0.481. The van der Waals surface area contributed by atoms with Gasteiger partial charge < -0.3 is 19.8 Å². The number of furan rings is 1. The average molecular weight is 421 g/mol. The van der Waals surface area contributed by atoms with Gasteiger partial charge in [-0.05, 0) is 35.7 Å². The van der Waals surface area contributed by atoms with Crippen LogP contribution in [0.4, 0.5) is 0 Å². The molecular formula is C24H27N3O4. The van der Waals surface area contributed by atoms with Gasteiger partial charge in [0, 0.05) is 13.5 Å². The molecule has 0 aliphatic rings. The summed E-state index contributed by atoms with van der Waals surface area (Å²) in [6, 6.07) is 16.3. The maximum atomic E-state index is 12.5. The van der Waals surface area contributed by atoms with E-state index in [4.69, 9.17) is 9.15 Å². The summed E-state index contributed by atoms with van der Waals surface area (Å²) in [5.41, 5.74) is 1.80. The molecule has 7 nitrogen and oxygen atoms in total. The summed E-state index contributed by atoms with van der Waals surface area (Å²) in [7, 11) is 1.54. The van der Waals surface area contributed by atoms with Crippen molar-refractivity contribution in [2.45, 2.75) is 26.3 Å². The van der Waals surface area contributed by atoms with Crippen LogP contribution < -0.4 is 15.4 Å². The second-order valence-corrected chi connectivity index (χ2v) is 7.44. The number of carbonyl (C=O) groups is 2. The summed E-state index contributed by atoms with van der Waals surface area (Å²) < 4.78 is 11.4. The van der Waals surface area contributed by atoms with Gasteiger partial charge in [0.2, 0.25) is 5.91 Å². The van der Waals surface area contributed by atoms with Gasteiger partial charge in [-0.3, -0.25) is 9.59 Å². The number of rotatable bonds is 9. The lowest BCUT2D eigenvalue weighted by Gasteiger charge is -2.19. The van der Waals surface area contributed by atoms with Crippen molar-refractivity contribution in [2.75, 3.05) is 13.7 Å². The Morgan fingerprint density at radius 3 is 2.48 bits per heavy atom. The van der Waals surface area contributed by atoms with E-state index in [1.807, 2.05) is 38.1 Å². The molecule has 0 aliphatic heterocycles. The van der Waals surface area contributed by atoms with Crippen LogP contribution in [0.3, 0.4) is 0 Å². The maximum Gasteiger partial charge on any atom is 0.287 e. The van der Waals surface area contributed by atoms with Crippen molar-refractivity contribution >= 4 is 11.8 Å². The number of benzene rings is 1. The Kier molecular flexibility index (Phi) is 7.43. The van der Waals surface area contributed by atoms with Crippen LogP contribution in [0.15, 0.2) is 65.2 Å². The number of amides is 2. The van der Waals surface area contributed by atoms with Gasteiger partial charge in [-0.25, -0.2) is 4.98 Å². The molecule has 0 saturated carbocycles. The van der Waals surface area contributed by atoms with Crippen LogP contribution in [0.5, 0.6) is 5.75 Å². The SMILES string of the molecule is CNC(=O)[C@@H](NC(=O)c1ccc(-c2ccc(OCCc3ccccc3)cn2)o1)C(C)C. The number of hydrogen-bond donors (Lipinski definition) is 2. The number of carbonyl (C=O) groups excluding carboxylic acids is 2. The summed E-state index contributed by atoms with van der Waals surface area (Å²) in [6.45, 7) is 4.28. The number of likely N-dealkylation sites (N-methyl/N-ethyl adjacent to an activating group) is 1. The molecule has 31 heavy (non-hydrogen) atoms. The molecule has 2 N–H and O–H groups in total. The van der Waals surface area contributed by atoms with Gasteiger partial charge in [0.25, 0.3) is 5.91 Å². The molecule has 0 radical (unpaired) electrons. The Hall–Kier alpha value is -3.61. The van der Waals surface area contributed by atoms with E-state index in [-0.39, 0.29) is 17.6 Å². The third-order valence-corrected chi connectivity index (χ3v) is 4.80. The Morgan fingerprint density at radius 2 is 1.84 bits per heavy atom. The Labute approximate surface area is 181 Å². The molecule has 162 valence electrons. The number of nitrogens with zero attached hydrogens (tertiary/aromatic N) is 1. The molecule has 2 amide bonds. The zero-order valence-corrected chi connectivity index (χ0v) is 17.9. The first kappa shape index (κ1) is 22.1. The molecule has 3 aromatic rings. The second kappa shape index (κ2) is 10.4. The molecule has 0 bridgehead atoms. The van der Waals surface area contributed by atoms with Crippen molar-refractivity contribution in [3.8, 4) is 17.2 Å². The standard InChI is InChI=1S/C24H27N3O4/c1-16(2)22(24(29)25-3)27-23(28)21-12-11-20(31-21)19-10-9-18(15-26-19)30-14-13-17-7-5-4-6-8-17/h4-12,15-16,22H,13-14H2,1-3H3,(H,25,29)(H,27,28)/t22-/m0/s1. The van der Waals surface area contributed by atoms with Crippen molar-refractivity contribution in [1.82, 2.24) is 15.6 Å². The number of hydrogen-bond acceptors (Lipinski definition) is 5. The molecule has 7 heteroatoms. The van der Waals surface area contributed by atoms with Gasteiger partial charge in [0.05, 0.1) is 12.8 Å². The average Bonchev–Trinajstić information content (AvgIpc) is 3.28. The quantitative estimate of drug-likeness (QED) is 0.552. The van der Waals surface area contributed by atoms with Crippen LogP contribution in [0.1, 0.15) is 30.0 Å². The van der Waals surface area contributed by atoms with E-state index in [0.29, 0.717) is 23.8 Å². The van der Waals surface area contributed by atoms with Crippen LogP contribution in [0.2, 0.25) is 0 Å². The minimum Gasteiger partial charge on any atom is -0.492 e. The van der Waals surface area contributed by atoms with E-state index < -0.39 is 11.9 Å². The van der Waals surface area contributed by atoms with E-state index in [1.54, 1.807) is 24.4 Å². The lowest BCUT2D eigenvalue weighted by Crippen LogP contribution is -2.48. The summed E-state index contributed by atoms with van der Waals surface area (Å²) in [6.07, 6.45) is 2.44. The lowest BCUT2D eigenvalue weighted by molar-refractivity contribution is -0.123. The highest BCUT2D eigenvalue weighted by Crippen LogP contribution is 2.22. The fraction of sp³-hybridized carbons (Fsp3) is 0.292. The molecule has 2 heterocycles. The Balaban J connectivity index is 1.58. The van der Waals surface area contributed by atoms with Gasteiger partial charge in [0.1, 0.15) is 17.5 Å². The predicted octanol–water partition coefficient (Wildman–Crippen LogP) is 3.46. The fourth-order valence-corrected chi connectivity index (χ4v) is 3.04. The van der Waals surface area contributed by atoms with Crippen molar-refractivity contribution in [2.24, 2.45) is 5.92 Å². The highest BCUT2D eigenvalue weighted by molar-refractivity contribution is 5.95. The molecule has 3 rings (SSSR count). The van der Waals surface area contributed by atoms with Crippen molar-refractivity contribution in [3.63, 3.8) is 0 Å². The lowest BCUT2D eigenvalue weighted by atomic mass is 10.0. The monoisotopic (exact) mass is 421 g/mol.